The predicted octanol–water partition coefficient (Wildman–Crippen LogP) is 1.38. The van der Waals surface area contributed by atoms with Crippen LogP contribution >= 0.6 is 12.4 Å². The van der Waals surface area contributed by atoms with Crippen molar-refractivity contribution in [3.63, 3.8) is 0 Å². The third kappa shape index (κ3) is 9.49. The van der Waals surface area contributed by atoms with E-state index in [0.29, 0.717) is 6.54 Å². The molecule has 0 aliphatic rings. The van der Waals surface area contributed by atoms with Gasteiger partial charge in [-0.15, -0.1) is 12.4 Å². The van der Waals surface area contributed by atoms with Crippen molar-refractivity contribution < 1.29 is 4.39 Å². The lowest BCUT2D eigenvalue weighted by Crippen LogP contribution is -2.20. The van der Waals surface area contributed by atoms with Crippen LogP contribution in [0.1, 0.15) is 13.8 Å². The summed E-state index contributed by atoms with van der Waals surface area (Å²) in [6.07, 6.45) is -0.708. The maximum absolute atomic E-state index is 11.8. The van der Waals surface area contributed by atoms with Crippen LogP contribution in [0.4, 0.5) is 4.39 Å². The highest BCUT2D eigenvalue weighted by Gasteiger charge is 1.91. The van der Waals surface area contributed by atoms with Crippen LogP contribution in [0.3, 0.4) is 0 Å². The number of hydrogen-bond acceptors (Lipinski definition) is 1. The maximum atomic E-state index is 11.8. The van der Waals surface area contributed by atoms with Crippen LogP contribution in [0, 0.1) is 0 Å². The Morgan fingerprint density at radius 3 is 2.25 bits per heavy atom. The molecule has 0 saturated heterocycles. The summed E-state index contributed by atoms with van der Waals surface area (Å²) in [7, 11) is 0. The van der Waals surface area contributed by atoms with Crippen molar-refractivity contribution in [3.8, 4) is 0 Å². The summed E-state index contributed by atoms with van der Waals surface area (Å²) < 4.78 is 11.8. The lowest BCUT2D eigenvalue weighted by molar-refractivity contribution is 0.347. The van der Waals surface area contributed by atoms with E-state index >= 15 is 0 Å². The molecule has 8 heavy (non-hydrogen) atoms. The molecule has 0 radical (unpaired) electrons. The molecule has 0 heterocycles. The van der Waals surface area contributed by atoms with Gasteiger partial charge in [-0.1, -0.05) is 6.92 Å². The van der Waals surface area contributed by atoms with Gasteiger partial charge in [-0.25, -0.2) is 4.39 Å². The smallest absolute Gasteiger partial charge is 0.110 e. The molecular weight excluding hydrogens is 129 g/mol. The third-order valence-corrected chi connectivity index (χ3v) is 0.676. The third-order valence-electron chi connectivity index (χ3n) is 0.676. The number of alkyl halides is 1. The highest BCUT2D eigenvalue weighted by molar-refractivity contribution is 5.85. The van der Waals surface area contributed by atoms with E-state index in [1.54, 1.807) is 6.92 Å². The fourth-order valence-electron chi connectivity index (χ4n) is 0.343. The van der Waals surface area contributed by atoms with E-state index in [2.05, 4.69) is 5.32 Å². The molecule has 0 aromatic rings. The number of rotatable bonds is 3. The van der Waals surface area contributed by atoms with Crippen LogP contribution in [0.25, 0.3) is 0 Å². The van der Waals surface area contributed by atoms with Gasteiger partial charge in [-0.2, -0.15) is 0 Å². The average molecular weight is 142 g/mol. The Bertz CT molecular complexity index is 41.4. The normalized spacial score (nSPS) is 12.4. The van der Waals surface area contributed by atoms with E-state index in [9.17, 15) is 4.39 Å². The van der Waals surface area contributed by atoms with E-state index in [0.717, 1.165) is 6.54 Å². The molecule has 1 N–H and O–H groups in total. The van der Waals surface area contributed by atoms with Gasteiger partial charge in [-0.3, -0.25) is 0 Å². The average Bonchev–Trinajstić information content (AvgIpc) is 1.61. The first kappa shape index (κ1) is 11.0. The standard InChI is InChI=1S/C5H12FN.ClH/c1-3-7-4-5(2)6;/h5,7H,3-4H2,1-2H3;1H. The molecule has 0 rings (SSSR count). The Morgan fingerprint density at radius 2 is 2.12 bits per heavy atom. The summed E-state index contributed by atoms with van der Waals surface area (Å²) in [6.45, 7) is 4.84. The van der Waals surface area contributed by atoms with E-state index in [1.165, 1.54) is 0 Å². The fourth-order valence-corrected chi connectivity index (χ4v) is 0.343. The maximum Gasteiger partial charge on any atom is 0.110 e. The van der Waals surface area contributed by atoms with E-state index < -0.39 is 6.17 Å². The van der Waals surface area contributed by atoms with E-state index in [4.69, 9.17) is 0 Å². The molecule has 3 heteroatoms. The minimum atomic E-state index is -0.708. The molecule has 52 valence electrons. The molecule has 0 fully saturated rings. The van der Waals surface area contributed by atoms with Gasteiger partial charge in [0.25, 0.3) is 0 Å². The van der Waals surface area contributed by atoms with Gasteiger partial charge in [0.1, 0.15) is 6.17 Å². The van der Waals surface area contributed by atoms with Gasteiger partial charge in [0.15, 0.2) is 0 Å². The fraction of sp³-hybridized carbons (Fsp3) is 1.00. The molecular formula is C5H13ClFN. The SMILES string of the molecule is CCNCC(C)F.Cl. The van der Waals surface area contributed by atoms with Gasteiger partial charge >= 0.3 is 0 Å². The first-order valence-corrected chi connectivity index (χ1v) is 2.62. The van der Waals surface area contributed by atoms with Gasteiger partial charge in [0.2, 0.25) is 0 Å². The van der Waals surface area contributed by atoms with Crippen molar-refractivity contribution in [1.82, 2.24) is 5.32 Å². The monoisotopic (exact) mass is 141 g/mol. The van der Waals surface area contributed by atoms with Crippen LogP contribution in [0.5, 0.6) is 0 Å². The molecule has 1 unspecified atom stereocenters. The Hall–Kier alpha value is 0.180. The molecule has 0 spiro atoms. The van der Waals surface area contributed by atoms with Crippen molar-refractivity contribution >= 4 is 12.4 Å². The van der Waals surface area contributed by atoms with E-state index in [1.807, 2.05) is 6.92 Å². The Kier molecular flexibility index (Phi) is 9.91. The minimum absolute atomic E-state index is 0. The highest BCUT2D eigenvalue weighted by Crippen LogP contribution is 1.81. The van der Waals surface area contributed by atoms with Gasteiger partial charge in [0, 0.05) is 6.54 Å². The van der Waals surface area contributed by atoms with Crippen LogP contribution in [-0.2, 0) is 0 Å². The summed E-state index contributed by atoms with van der Waals surface area (Å²) in [4.78, 5) is 0. The van der Waals surface area contributed by atoms with Crippen LogP contribution in [0.15, 0.2) is 0 Å². The molecule has 1 atom stereocenters. The van der Waals surface area contributed by atoms with E-state index in [-0.39, 0.29) is 12.4 Å². The predicted molar refractivity (Wildman–Crippen MR) is 36.4 cm³/mol. The van der Waals surface area contributed by atoms with Gasteiger partial charge in [0.05, 0.1) is 0 Å². The molecule has 1 nitrogen and oxygen atoms in total. The van der Waals surface area contributed by atoms with Crippen molar-refractivity contribution in [2.24, 2.45) is 0 Å². The molecule has 0 aliphatic carbocycles. The molecule has 0 aromatic carbocycles. The zero-order valence-electron chi connectivity index (χ0n) is 5.28. The lowest BCUT2D eigenvalue weighted by atomic mass is 10.4. The van der Waals surface area contributed by atoms with Crippen molar-refractivity contribution in [1.29, 1.82) is 0 Å². The Balaban J connectivity index is 0. The zero-order valence-corrected chi connectivity index (χ0v) is 6.09. The summed E-state index contributed by atoms with van der Waals surface area (Å²) in [5, 5.41) is 2.87. The Labute approximate surface area is 56.1 Å². The minimum Gasteiger partial charge on any atom is -0.314 e. The first-order valence-electron chi connectivity index (χ1n) is 2.62. The molecule has 0 amide bonds. The highest BCUT2D eigenvalue weighted by atomic mass is 35.5. The summed E-state index contributed by atoms with van der Waals surface area (Å²) in [5.41, 5.74) is 0. The first-order chi connectivity index (χ1) is 3.27. The van der Waals surface area contributed by atoms with Crippen molar-refractivity contribution in [2.75, 3.05) is 13.1 Å². The van der Waals surface area contributed by atoms with Crippen LogP contribution in [-0.4, -0.2) is 19.3 Å². The zero-order chi connectivity index (χ0) is 5.70. The van der Waals surface area contributed by atoms with Gasteiger partial charge in [-0.05, 0) is 13.5 Å². The van der Waals surface area contributed by atoms with Crippen molar-refractivity contribution in [3.05, 3.63) is 0 Å². The Morgan fingerprint density at radius 1 is 1.62 bits per heavy atom. The second-order valence-corrected chi connectivity index (χ2v) is 1.59. The molecule has 0 bridgehead atoms. The lowest BCUT2D eigenvalue weighted by Gasteiger charge is -1.98. The topological polar surface area (TPSA) is 12.0 Å². The van der Waals surface area contributed by atoms with Crippen LogP contribution in [0.2, 0.25) is 0 Å². The number of halogens is 2. The van der Waals surface area contributed by atoms with Gasteiger partial charge < -0.3 is 5.32 Å². The largest absolute Gasteiger partial charge is 0.314 e. The second kappa shape index (κ2) is 7.18. The number of nitrogens with one attached hydrogen (secondary N) is 1. The van der Waals surface area contributed by atoms with Crippen LogP contribution < -0.4 is 5.32 Å². The molecule has 0 saturated carbocycles. The number of hydrogen-bond donors (Lipinski definition) is 1. The quantitative estimate of drug-likeness (QED) is 0.626. The summed E-state index contributed by atoms with van der Waals surface area (Å²) in [5.74, 6) is 0. The molecule has 0 aromatic heterocycles. The molecule has 0 aliphatic heterocycles. The summed E-state index contributed by atoms with van der Waals surface area (Å²) in [6, 6.07) is 0. The second-order valence-electron chi connectivity index (χ2n) is 1.59. The summed E-state index contributed by atoms with van der Waals surface area (Å²) >= 11 is 0. The van der Waals surface area contributed by atoms with Crippen molar-refractivity contribution in [2.45, 2.75) is 20.0 Å².